The smallest absolute Gasteiger partial charge is 0.203 e. The van der Waals surface area contributed by atoms with Gasteiger partial charge in [-0.1, -0.05) is 31.2 Å². The van der Waals surface area contributed by atoms with Crippen LogP contribution in [0.5, 0.6) is 17.2 Å². The maximum absolute atomic E-state index is 13.6. The fourth-order valence-corrected chi connectivity index (χ4v) is 7.00. The number of piperazine rings is 1. The first kappa shape index (κ1) is 32.2. The maximum Gasteiger partial charge on any atom is 0.203 e. The molecule has 0 aliphatic carbocycles. The third-order valence-corrected chi connectivity index (χ3v) is 9.50. The van der Waals surface area contributed by atoms with Crippen molar-refractivity contribution in [2.45, 2.75) is 50.5 Å². The van der Waals surface area contributed by atoms with E-state index in [1.807, 2.05) is 24.3 Å². The Morgan fingerprint density at radius 2 is 1.36 bits per heavy atom. The van der Waals surface area contributed by atoms with E-state index in [1.54, 1.807) is 21.3 Å². The van der Waals surface area contributed by atoms with Crippen LogP contribution in [0, 0.1) is 11.6 Å². The zero-order valence-electron chi connectivity index (χ0n) is 26.5. The van der Waals surface area contributed by atoms with Crippen LogP contribution >= 0.6 is 0 Å². The molecule has 3 aromatic rings. The minimum atomic E-state index is -0.439. The van der Waals surface area contributed by atoms with E-state index in [2.05, 4.69) is 22.8 Å². The summed E-state index contributed by atoms with van der Waals surface area (Å²) in [5.41, 5.74) is 3.99. The second-order valence-electron chi connectivity index (χ2n) is 11.9. The van der Waals surface area contributed by atoms with Crippen molar-refractivity contribution in [3.05, 3.63) is 88.5 Å². The molecule has 2 aliphatic heterocycles. The highest BCUT2D eigenvalue weighted by Gasteiger charge is 2.41. The summed E-state index contributed by atoms with van der Waals surface area (Å²) >= 11 is 0. The topological polar surface area (TPSA) is 43.4 Å². The standard InChI is InChI=1S/C36H46F2N2O4/c1-5-36(33-28(16-24-44-36)25-32(41-2)34(42-3)35(33)43-4)17-19-40-22-20-39(21-23-40)18-6-7-31(26-8-12-29(37)13-9-26)27-10-14-30(38)15-11-27/h8-15,25,31H,5-7,16-24H2,1-4H3. The van der Waals surface area contributed by atoms with E-state index in [4.69, 9.17) is 18.9 Å². The summed E-state index contributed by atoms with van der Waals surface area (Å²) in [5.74, 6) is 1.64. The Morgan fingerprint density at radius 1 is 0.795 bits per heavy atom. The number of benzene rings is 3. The van der Waals surface area contributed by atoms with Crippen LogP contribution in [0.4, 0.5) is 8.78 Å². The third kappa shape index (κ3) is 7.03. The summed E-state index contributed by atoms with van der Waals surface area (Å²) < 4.78 is 51.1. The number of hydrogen-bond donors (Lipinski definition) is 0. The van der Waals surface area contributed by atoms with Crippen LogP contribution in [0.2, 0.25) is 0 Å². The van der Waals surface area contributed by atoms with E-state index in [1.165, 1.54) is 29.8 Å². The fourth-order valence-electron chi connectivity index (χ4n) is 7.00. The number of methoxy groups -OCH3 is 3. The average Bonchev–Trinajstić information content (AvgIpc) is 3.06. The highest BCUT2D eigenvalue weighted by molar-refractivity contribution is 5.61. The van der Waals surface area contributed by atoms with Crippen LogP contribution in [0.1, 0.15) is 60.8 Å². The van der Waals surface area contributed by atoms with Gasteiger partial charge in [-0.3, -0.25) is 0 Å². The highest BCUT2D eigenvalue weighted by atomic mass is 19.1. The highest BCUT2D eigenvalue weighted by Crippen LogP contribution is 2.51. The molecule has 2 heterocycles. The van der Waals surface area contributed by atoms with Crippen molar-refractivity contribution in [3.8, 4) is 17.2 Å². The fraction of sp³-hybridized carbons (Fsp3) is 0.500. The normalized spacial score (nSPS) is 19.2. The van der Waals surface area contributed by atoms with Gasteiger partial charge < -0.3 is 28.7 Å². The van der Waals surface area contributed by atoms with E-state index >= 15 is 0 Å². The molecule has 0 N–H and O–H groups in total. The van der Waals surface area contributed by atoms with Crippen molar-refractivity contribution in [1.29, 1.82) is 0 Å². The van der Waals surface area contributed by atoms with Crippen molar-refractivity contribution < 1.29 is 27.7 Å². The Hall–Kier alpha value is -3.20. The van der Waals surface area contributed by atoms with Crippen LogP contribution < -0.4 is 14.2 Å². The van der Waals surface area contributed by atoms with E-state index < -0.39 is 5.60 Å². The third-order valence-electron chi connectivity index (χ3n) is 9.50. The number of hydrogen-bond acceptors (Lipinski definition) is 6. The van der Waals surface area contributed by atoms with E-state index in [-0.39, 0.29) is 17.6 Å². The molecule has 0 spiro atoms. The Bertz CT molecular complexity index is 1310. The summed E-state index contributed by atoms with van der Waals surface area (Å²) in [6.07, 6.45) is 4.46. The van der Waals surface area contributed by atoms with E-state index in [9.17, 15) is 8.78 Å². The molecule has 1 unspecified atom stereocenters. The molecule has 0 saturated carbocycles. The van der Waals surface area contributed by atoms with Crippen molar-refractivity contribution in [2.24, 2.45) is 0 Å². The first-order valence-corrected chi connectivity index (χ1v) is 15.8. The number of rotatable bonds is 13. The van der Waals surface area contributed by atoms with Crippen molar-refractivity contribution in [1.82, 2.24) is 9.80 Å². The zero-order valence-corrected chi connectivity index (χ0v) is 26.5. The first-order valence-electron chi connectivity index (χ1n) is 15.8. The molecule has 5 rings (SSSR count). The maximum atomic E-state index is 13.6. The molecular weight excluding hydrogens is 562 g/mol. The van der Waals surface area contributed by atoms with Crippen molar-refractivity contribution in [3.63, 3.8) is 0 Å². The molecule has 0 amide bonds. The molecule has 0 bridgehead atoms. The molecule has 0 aromatic heterocycles. The summed E-state index contributed by atoms with van der Waals surface area (Å²) in [5, 5.41) is 0. The first-order chi connectivity index (χ1) is 21.4. The van der Waals surface area contributed by atoms with E-state index in [0.29, 0.717) is 23.9 Å². The lowest BCUT2D eigenvalue weighted by molar-refractivity contribution is -0.0769. The molecular formula is C36H46F2N2O4. The Kier molecular flexibility index (Phi) is 10.8. The lowest BCUT2D eigenvalue weighted by atomic mass is 9.80. The van der Waals surface area contributed by atoms with Gasteiger partial charge in [0.1, 0.15) is 11.6 Å². The summed E-state index contributed by atoms with van der Waals surface area (Å²) in [6, 6.07) is 15.5. The Morgan fingerprint density at radius 3 is 1.89 bits per heavy atom. The zero-order chi connectivity index (χ0) is 31.1. The second kappa shape index (κ2) is 14.7. The Labute approximate surface area is 260 Å². The molecule has 2 aliphatic rings. The van der Waals surface area contributed by atoms with Crippen LogP contribution in [0.3, 0.4) is 0 Å². The van der Waals surface area contributed by atoms with Gasteiger partial charge in [0.15, 0.2) is 11.5 Å². The van der Waals surface area contributed by atoms with Gasteiger partial charge in [-0.15, -0.1) is 0 Å². The van der Waals surface area contributed by atoms with Crippen molar-refractivity contribution >= 4 is 0 Å². The largest absolute Gasteiger partial charge is 0.493 e. The lowest BCUT2D eigenvalue weighted by Gasteiger charge is -2.42. The van der Waals surface area contributed by atoms with Crippen LogP contribution in [-0.4, -0.2) is 77.0 Å². The van der Waals surface area contributed by atoms with Gasteiger partial charge in [-0.25, -0.2) is 8.78 Å². The SMILES string of the molecule is CCC1(CCN2CCN(CCCC(c3ccc(F)cc3)c3ccc(F)cc3)CC2)OCCc2cc(OC)c(OC)c(OC)c21. The van der Waals surface area contributed by atoms with E-state index in [0.717, 1.165) is 88.1 Å². The van der Waals surface area contributed by atoms with Crippen molar-refractivity contribution in [2.75, 3.05) is 67.2 Å². The molecule has 44 heavy (non-hydrogen) atoms. The molecule has 3 aromatic carbocycles. The Balaban J connectivity index is 1.17. The monoisotopic (exact) mass is 608 g/mol. The number of fused-ring (bicyclic) bond motifs is 1. The van der Waals surface area contributed by atoms with Crippen LogP contribution in [0.15, 0.2) is 54.6 Å². The molecule has 1 atom stereocenters. The summed E-state index contributed by atoms with van der Waals surface area (Å²) in [6.45, 7) is 8.85. The lowest BCUT2D eigenvalue weighted by Crippen LogP contribution is -2.48. The van der Waals surface area contributed by atoms with Crippen LogP contribution in [0.25, 0.3) is 0 Å². The molecule has 1 fully saturated rings. The predicted octanol–water partition coefficient (Wildman–Crippen LogP) is 6.79. The minimum absolute atomic E-state index is 0.108. The molecule has 238 valence electrons. The van der Waals surface area contributed by atoms with Gasteiger partial charge in [-0.2, -0.15) is 0 Å². The van der Waals surface area contributed by atoms with Gasteiger partial charge in [-0.05, 0) is 85.7 Å². The number of ether oxygens (including phenoxy) is 4. The summed E-state index contributed by atoms with van der Waals surface area (Å²) in [4.78, 5) is 5.07. The quantitative estimate of drug-likeness (QED) is 0.213. The number of halogens is 2. The van der Waals surface area contributed by atoms with Gasteiger partial charge in [0.2, 0.25) is 5.75 Å². The number of nitrogens with zero attached hydrogens (tertiary/aromatic N) is 2. The molecule has 8 heteroatoms. The molecule has 0 radical (unpaired) electrons. The van der Waals surface area contributed by atoms with Gasteiger partial charge >= 0.3 is 0 Å². The van der Waals surface area contributed by atoms with Gasteiger partial charge in [0.05, 0.1) is 33.5 Å². The van der Waals surface area contributed by atoms with Crippen LogP contribution in [-0.2, 0) is 16.8 Å². The van der Waals surface area contributed by atoms with Gasteiger partial charge in [0.25, 0.3) is 0 Å². The molecule has 6 nitrogen and oxygen atoms in total. The second-order valence-corrected chi connectivity index (χ2v) is 11.9. The average molecular weight is 609 g/mol. The predicted molar refractivity (Wildman–Crippen MR) is 169 cm³/mol. The minimum Gasteiger partial charge on any atom is -0.493 e. The molecule has 1 saturated heterocycles. The van der Waals surface area contributed by atoms with Gasteiger partial charge in [0, 0.05) is 44.2 Å². The summed E-state index contributed by atoms with van der Waals surface area (Å²) in [7, 11) is 4.99.